The molecule has 1 aromatic rings. The lowest BCUT2D eigenvalue weighted by atomic mass is 9.96. The molecular formula is C12H22N4O. The van der Waals surface area contributed by atoms with Crippen molar-refractivity contribution in [2.45, 2.75) is 26.7 Å². The number of amides is 1. The largest absolute Gasteiger partial charge is 0.355 e. The van der Waals surface area contributed by atoms with Crippen LogP contribution < -0.4 is 11.1 Å². The van der Waals surface area contributed by atoms with Crippen molar-refractivity contribution in [3.05, 3.63) is 18.2 Å². The molecule has 5 nitrogen and oxygen atoms in total. The molecule has 0 saturated heterocycles. The zero-order valence-electron chi connectivity index (χ0n) is 10.6. The van der Waals surface area contributed by atoms with Crippen LogP contribution >= 0.6 is 0 Å². The lowest BCUT2D eigenvalue weighted by Crippen LogP contribution is -2.36. The minimum absolute atomic E-state index is 0.0488. The lowest BCUT2D eigenvalue weighted by molar-refractivity contribution is -0.125. The summed E-state index contributed by atoms with van der Waals surface area (Å²) in [5.41, 5.74) is 5.61. The molecule has 0 spiro atoms. The normalized spacial score (nSPS) is 12.7. The first-order chi connectivity index (χ1) is 8.13. The van der Waals surface area contributed by atoms with Gasteiger partial charge in [-0.25, -0.2) is 4.98 Å². The van der Waals surface area contributed by atoms with Crippen molar-refractivity contribution in [2.24, 2.45) is 17.6 Å². The number of hydrogen-bond donors (Lipinski definition) is 3. The van der Waals surface area contributed by atoms with E-state index >= 15 is 0 Å². The van der Waals surface area contributed by atoms with Crippen molar-refractivity contribution in [3.63, 3.8) is 0 Å². The first-order valence-electron chi connectivity index (χ1n) is 6.09. The van der Waals surface area contributed by atoms with Crippen molar-refractivity contribution in [1.29, 1.82) is 0 Å². The van der Waals surface area contributed by atoms with Crippen LogP contribution in [0.15, 0.2) is 12.4 Å². The van der Waals surface area contributed by atoms with Gasteiger partial charge in [-0.05, 0) is 12.3 Å². The number of H-pyrrole nitrogens is 1. The van der Waals surface area contributed by atoms with Gasteiger partial charge in [-0.15, -0.1) is 0 Å². The Labute approximate surface area is 102 Å². The Morgan fingerprint density at radius 1 is 1.59 bits per heavy atom. The zero-order valence-corrected chi connectivity index (χ0v) is 10.6. The van der Waals surface area contributed by atoms with Crippen LogP contribution in [0.2, 0.25) is 0 Å². The molecule has 0 radical (unpaired) electrons. The number of carbonyl (C=O) groups excluding carboxylic acids is 1. The highest BCUT2D eigenvalue weighted by Gasteiger charge is 2.17. The number of nitrogens with zero attached hydrogens (tertiary/aromatic N) is 1. The van der Waals surface area contributed by atoms with E-state index in [9.17, 15) is 4.79 Å². The van der Waals surface area contributed by atoms with E-state index in [2.05, 4.69) is 29.1 Å². The highest BCUT2D eigenvalue weighted by Crippen LogP contribution is 2.10. The third-order valence-corrected chi connectivity index (χ3v) is 2.63. The summed E-state index contributed by atoms with van der Waals surface area (Å²) in [5, 5.41) is 2.90. The minimum atomic E-state index is -0.0772. The quantitative estimate of drug-likeness (QED) is 0.653. The third-order valence-electron chi connectivity index (χ3n) is 2.63. The van der Waals surface area contributed by atoms with Crippen LogP contribution in [0.1, 0.15) is 26.1 Å². The van der Waals surface area contributed by atoms with E-state index in [0.717, 1.165) is 18.7 Å². The van der Waals surface area contributed by atoms with Gasteiger partial charge in [0.25, 0.3) is 0 Å². The summed E-state index contributed by atoms with van der Waals surface area (Å²) in [7, 11) is 0. The van der Waals surface area contributed by atoms with Crippen molar-refractivity contribution >= 4 is 5.91 Å². The van der Waals surface area contributed by atoms with E-state index in [1.807, 2.05) is 0 Å². The molecule has 0 aliphatic heterocycles. The third kappa shape index (κ3) is 4.99. The average molecular weight is 238 g/mol. The molecule has 0 bridgehead atoms. The molecule has 1 atom stereocenters. The van der Waals surface area contributed by atoms with Crippen molar-refractivity contribution in [1.82, 2.24) is 15.3 Å². The van der Waals surface area contributed by atoms with Gasteiger partial charge < -0.3 is 16.0 Å². The molecule has 0 aliphatic carbocycles. The standard InChI is InChI=1S/C12H22N4O/c1-9(2)7-10(8-13)12(17)16-4-3-11-14-5-6-15-11/h5-6,9-10H,3-4,7-8,13H2,1-2H3,(H,14,15)(H,16,17). The zero-order chi connectivity index (χ0) is 12.7. The summed E-state index contributed by atoms with van der Waals surface area (Å²) < 4.78 is 0. The predicted octanol–water partition coefficient (Wildman–Crippen LogP) is 0.689. The molecule has 1 heterocycles. The number of nitrogens with one attached hydrogen (secondary N) is 2. The smallest absolute Gasteiger partial charge is 0.224 e. The number of nitrogens with two attached hydrogens (primary N) is 1. The summed E-state index contributed by atoms with van der Waals surface area (Å²) in [6.07, 6.45) is 5.04. The number of aromatic amines is 1. The van der Waals surface area contributed by atoms with Crippen LogP contribution in [0, 0.1) is 11.8 Å². The molecule has 1 aromatic heterocycles. The number of imidazole rings is 1. The summed E-state index contributed by atoms with van der Waals surface area (Å²) >= 11 is 0. The number of hydrogen-bond acceptors (Lipinski definition) is 3. The Morgan fingerprint density at radius 3 is 2.88 bits per heavy atom. The molecule has 1 amide bonds. The topological polar surface area (TPSA) is 83.8 Å². The van der Waals surface area contributed by atoms with E-state index in [0.29, 0.717) is 19.0 Å². The molecule has 0 aliphatic rings. The fourth-order valence-electron chi connectivity index (χ4n) is 1.76. The Kier molecular flexibility index (Phi) is 5.69. The van der Waals surface area contributed by atoms with Crippen LogP contribution in [-0.4, -0.2) is 29.0 Å². The molecule has 17 heavy (non-hydrogen) atoms. The van der Waals surface area contributed by atoms with Crippen molar-refractivity contribution < 1.29 is 4.79 Å². The van der Waals surface area contributed by atoms with Crippen LogP contribution in [0.3, 0.4) is 0 Å². The van der Waals surface area contributed by atoms with E-state index in [4.69, 9.17) is 5.73 Å². The summed E-state index contributed by atoms with van der Waals surface area (Å²) in [6.45, 7) is 5.20. The van der Waals surface area contributed by atoms with Gasteiger partial charge in [-0.2, -0.15) is 0 Å². The number of rotatable bonds is 7. The van der Waals surface area contributed by atoms with Crippen molar-refractivity contribution in [2.75, 3.05) is 13.1 Å². The Balaban J connectivity index is 2.27. The lowest BCUT2D eigenvalue weighted by Gasteiger charge is -2.16. The van der Waals surface area contributed by atoms with Crippen LogP contribution in [0.5, 0.6) is 0 Å². The molecule has 4 N–H and O–H groups in total. The Hall–Kier alpha value is -1.36. The SMILES string of the molecule is CC(C)CC(CN)C(=O)NCCc1ncc[nH]1. The van der Waals surface area contributed by atoms with E-state index in [1.54, 1.807) is 12.4 Å². The highest BCUT2D eigenvalue weighted by atomic mass is 16.1. The second-order valence-corrected chi connectivity index (χ2v) is 4.64. The molecule has 1 rings (SSSR count). The summed E-state index contributed by atoms with van der Waals surface area (Å²) in [6, 6.07) is 0. The maximum absolute atomic E-state index is 11.8. The maximum atomic E-state index is 11.8. The van der Waals surface area contributed by atoms with Crippen molar-refractivity contribution in [3.8, 4) is 0 Å². The maximum Gasteiger partial charge on any atom is 0.224 e. The van der Waals surface area contributed by atoms with Crippen LogP contribution in [-0.2, 0) is 11.2 Å². The number of carbonyl (C=O) groups is 1. The second kappa shape index (κ2) is 7.06. The minimum Gasteiger partial charge on any atom is -0.355 e. The first kappa shape index (κ1) is 13.7. The van der Waals surface area contributed by atoms with Gasteiger partial charge in [0, 0.05) is 31.9 Å². The highest BCUT2D eigenvalue weighted by molar-refractivity contribution is 5.78. The van der Waals surface area contributed by atoms with E-state index in [-0.39, 0.29) is 11.8 Å². The summed E-state index contributed by atoms with van der Waals surface area (Å²) in [4.78, 5) is 18.9. The molecule has 5 heteroatoms. The van der Waals surface area contributed by atoms with Gasteiger partial charge in [-0.1, -0.05) is 13.8 Å². The van der Waals surface area contributed by atoms with Gasteiger partial charge in [0.2, 0.25) is 5.91 Å². The molecule has 1 unspecified atom stereocenters. The van der Waals surface area contributed by atoms with E-state index < -0.39 is 0 Å². The van der Waals surface area contributed by atoms with Crippen LogP contribution in [0.25, 0.3) is 0 Å². The fraction of sp³-hybridized carbons (Fsp3) is 0.667. The monoisotopic (exact) mass is 238 g/mol. The number of aromatic nitrogens is 2. The molecular weight excluding hydrogens is 216 g/mol. The molecule has 0 fully saturated rings. The van der Waals surface area contributed by atoms with E-state index in [1.165, 1.54) is 0 Å². The van der Waals surface area contributed by atoms with Gasteiger partial charge in [-0.3, -0.25) is 4.79 Å². The first-order valence-corrected chi connectivity index (χ1v) is 6.09. The average Bonchev–Trinajstić information content (AvgIpc) is 2.78. The molecule has 96 valence electrons. The Bertz CT molecular complexity index is 321. The summed E-state index contributed by atoms with van der Waals surface area (Å²) in [5.74, 6) is 1.34. The van der Waals surface area contributed by atoms with Gasteiger partial charge >= 0.3 is 0 Å². The fourth-order valence-corrected chi connectivity index (χ4v) is 1.76. The molecule has 0 saturated carbocycles. The molecule has 0 aromatic carbocycles. The van der Waals surface area contributed by atoms with Gasteiger partial charge in [0.05, 0.1) is 5.92 Å². The van der Waals surface area contributed by atoms with Crippen LogP contribution in [0.4, 0.5) is 0 Å². The Morgan fingerprint density at radius 2 is 2.35 bits per heavy atom. The predicted molar refractivity (Wildman–Crippen MR) is 67.3 cm³/mol. The van der Waals surface area contributed by atoms with Gasteiger partial charge in [0.15, 0.2) is 0 Å². The second-order valence-electron chi connectivity index (χ2n) is 4.64. The van der Waals surface area contributed by atoms with Gasteiger partial charge in [0.1, 0.15) is 5.82 Å².